The van der Waals surface area contributed by atoms with Crippen LogP contribution in [0.25, 0.3) is 0 Å². The second kappa shape index (κ2) is 7.19. The van der Waals surface area contributed by atoms with Crippen molar-refractivity contribution in [2.75, 3.05) is 11.4 Å². The zero-order valence-electron chi connectivity index (χ0n) is 15.1. The van der Waals surface area contributed by atoms with Gasteiger partial charge < -0.3 is 4.90 Å². The number of carbonyl (C=O) groups is 1. The van der Waals surface area contributed by atoms with Crippen LogP contribution in [0.1, 0.15) is 43.7 Å². The second-order valence-corrected chi connectivity index (χ2v) is 7.44. The van der Waals surface area contributed by atoms with E-state index in [4.69, 9.17) is 0 Å². The van der Waals surface area contributed by atoms with Crippen molar-refractivity contribution in [2.45, 2.75) is 44.2 Å². The Hall–Kier alpha value is -2.21. The van der Waals surface area contributed by atoms with Crippen molar-refractivity contribution in [3.8, 4) is 0 Å². The van der Waals surface area contributed by atoms with Crippen LogP contribution in [0.5, 0.6) is 0 Å². The Kier molecular flexibility index (Phi) is 4.76. The van der Waals surface area contributed by atoms with Gasteiger partial charge in [-0.25, -0.2) is 4.39 Å². The van der Waals surface area contributed by atoms with E-state index in [1.807, 2.05) is 30.3 Å². The molecule has 2 aromatic rings. The summed E-state index contributed by atoms with van der Waals surface area (Å²) in [5, 5.41) is 7.79. The second-order valence-electron chi connectivity index (χ2n) is 7.44. The largest absolute Gasteiger partial charge is 0.308 e. The number of piperidine rings is 1. The first-order valence-corrected chi connectivity index (χ1v) is 9.43. The fraction of sp³-hybridized carbons (Fsp3) is 0.500. The van der Waals surface area contributed by atoms with Crippen LogP contribution in [0.3, 0.4) is 0 Å². The molecule has 0 bridgehead atoms. The molecule has 0 radical (unpaired) electrons. The zero-order chi connectivity index (χ0) is 18.1. The number of rotatable bonds is 5. The number of halogens is 1. The molecule has 1 amide bonds. The molecule has 1 aliphatic heterocycles. The minimum atomic E-state index is -0.224. The van der Waals surface area contributed by atoms with Crippen molar-refractivity contribution in [3.05, 3.63) is 48.0 Å². The zero-order valence-corrected chi connectivity index (χ0v) is 15.1. The van der Waals surface area contributed by atoms with E-state index in [0.29, 0.717) is 5.92 Å². The monoisotopic (exact) mass is 356 g/mol. The number of carbonyl (C=O) groups excluding carboxylic acids is 1. The van der Waals surface area contributed by atoms with Gasteiger partial charge in [0.25, 0.3) is 0 Å². The Balaban J connectivity index is 1.52. The number of nitrogens with zero attached hydrogens (tertiary/aromatic N) is 3. The van der Waals surface area contributed by atoms with E-state index in [1.54, 1.807) is 10.9 Å². The first-order chi connectivity index (χ1) is 12.6. The lowest BCUT2D eigenvalue weighted by Gasteiger charge is -2.39. The van der Waals surface area contributed by atoms with Crippen LogP contribution in [-0.2, 0) is 11.8 Å². The van der Waals surface area contributed by atoms with Crippen molar-refractivity contribution in [1.29, 1.82) is 0 Å². The van der Waals surface area contributed by atoms with Crippen LogP contribution in [0, 0.1) is 11.7 Å². The standard InChI is InChI=1S/C20H25FN4O/c1-24-13-17(12-22-24)25-11-3-6-18(20(25)26)23-19(14-4-2-5-14)15-7-9-16(21)10-8-15/h7-10,12-14,18-19,23H,2-6,11H2,1H3. The average molecular weight is 356 g/mol. The first kappa shape index (κ1) is 17.2. The van der Waals surface area contributed by atoms with Gasteiger partial charge >= 0.3 is 0 Å². The van der Waals surface area contributed by atoms with Crippen LogP contribution < -0.4 is 10.2 Å². The molecule has 4 rings (SSSR count). The summed E-state index contributed by atoms with van der Waals surface area (Å²) in [4.78, 5) is 14.9. The molecule has 1 saturated heterocycles. The summed E-state index contributed by atoms with van der Waals surface area (Å²) in [6, 6.07) is 6.60. The molecular weight excluding hydrogens is 331 g/mol. The highest BCUT2D eigenvalue weighted by atomic mass is 19.1. The summed E-state index contributed by atoms with van der Waals surface area (Å²) in [5.41, 5.74) is 1.92. The topological polar surface area (TPSA) is 50.2 Å². The van der Waals surface area contributed by atoms with Crippen LogP contribution in [0.4, 0.5) is 10.1 Å². The van der Waals surface area contributed by atoms with Gasteiger partial charge in [-0.3, -0.25) is 14.8 Å². The van der Waals surface area contributed by atoms with Gasteiger partial charge in [0, 0.05) is 25.8 Å². The predicted molar refractivity (Wildman–Crippen MR) is 98.2 cm³/mol. The van der Waals surface area contributed by atoms with Crippen molar-refractivity contribution >= 4 is 11.6 Å². The summed E-state index contributed by atoms with van der Waals surface area (Å²) < 4.78 is 15.0. The number of aromatic nitrogens is 2. The van der Waals surface area contributed by atoms with E-state index >= 15 is 0 Å². The summed E-state index contributed by atoms with van der Waals surface area (Å²) >= 11 is 0. The Morgan fingerprint density at radius 1 is 1.19 bits per heavy atom. The maximum atomic E-state index is 13.3. The number of hydrogen-bond donors (Lipinski definition) is 1. The van der Waals surface area contributed by atoms with Crippen molar-refractivity contribution in [2.24, 2.45) is 13.0 Å². The lowest BCUT2D eigenvalue weighted by molar-refractivity contribution is -0.122. The third-order valence-corrected chi connectivity index (χ3v) is 5.67. The molecular formula is C20H25FN4O. The van der Waals surface area contributed by atoms with Crippen LogP contribution in [-0.4, -0.2) is 28.3 Å². The Bertz CT molecular complexity index is 768. The minimum absolute atomic E-state index is 0.104. The molecule has 2 heterocycles. The smallest absolute Gasteiger partial charge is 0.244 e. The minimum Gasteiger partial charge on any atom is -0.308 e. The van der Waals surface area contributed by atoms with Gasteiger partial charge in [-0.15, -0.1) is 0 Å². The van der Waals surface area contributed by atoms with Gasteiger partial charge in [0.05, 0.1) is 17.9 Å². The highest BCUT2D eigenvalue weighted by Crippen LogP contribution is 2.38. The molecule has 1 N–H and O–H groups in total. The molecule has 2 unspecified atom stereocenters. The summed E-state index contributed by atoms with van der Waals surface area (Å²) in [6.45, 7) is 0.730. The highest BCUT2D eigenvalue weighted by molar-refractivity contribution is 5.97. The molecule has 1 aromatic carbocycles. The molecule has 26 heavy (non-hydrogen) atoms. The molecule has 2 aliphatic rings. The third kappa shape index (κ3) is 3.38. The van der Waals surface area contributed by atoms with Gasteiger partial charge in [-0.2, -0.15) is 5.10 Å². The van der Waals surface area contributed by atoms with E-state index in [0.717, 1.165) is 43.5 Å². The Labute approximate surface area is 153 Å². The Morgan fingerprint density at radius 2 is 1.96 bits per heavy atom. The number of anilines is 1. The molecule has 1 saturated carbocycles. The van der Waals surface area contributed by atoms with E-state index in [1.165, 1.54) is 18.6 Å². The van der Waals surface area contributed by atoms with Gasteiger partial charge in [0.2, 0.25) is 5.91 Å². The SMILES string of the molecule is Cn1cc(N2CCCC(NC(c3ccc(F)cc3)C3CCC3)C2=O)cn1. The maximum Gasteiger partial charge on any atom is 0.244 e. The van der Waals surface area contributed by atoms with Crippen molar-refractivity contribution in [1.82, 2.24) is 15.1 Å². The van der Waals surface area contributed by atoms with Crippen molar-refractivity contribution in [3.63, 3.8) is 0 Å². The number of aryl methyl sites for hydroxylation is 1. The van der Waals surface area contributed by atoms with Gasteiger partial charge in [0.1, 0.15) is 5.82 Å². The summed E-state index contributed by atoms with van der Waals surface area (Å²) in [7, 11) is 1.86. The molecule has 5 nitrogen and oxygen atoms in total. The number of benzene rings is 1. The third-order valence-electron chi connectivity index (χ3n) is 5.67. The van der Waals surface area contributed by atoms with E-state index < -0.39 is 0 Å². The summed E-state index contributed by atoms with van der Waals surface area (Å²) in [6.07, 6.45) is 8.95. The van der Waals surface area contributed by atoms with E-state index in [2.05, 4.69) is 10.4 Å². The molecule has 2 atom stereocenters. The van der Waals surface area contributed by atoms with Crippen LogP contribution >= 0.6 is 0 Å². The van der Waals surface area contributed by atoms with Crippen LogP contribution in [0.2, 0.25) is 0 Å². The normalized spacial score (nSPS) is 22.3. The van der Waals surface area contributed by atoms with E-state index in [9.17, 15) is 9.18 Å². The van der Waals surface area contributed by atoms with Crippen molar-refractivity contribution < 1.29 is 9.18 Å². The number of nitrogens with one attached hydrogen (secondary N) is 1. The van der Waals surface area contributed by atoms with Gasteiger partial charge in [-0.1, -0.05) is 18.6 Å². The quantitative estimate of drug-likeness (QED) is 0.895. The molecule has 138 valence electrons. The fourth-order valence-electron chi connectivity index (χ4n) is 4.00. The number of hydrogen-bond acceptors (Lipinski definition) is 3. The molecule has 2 fully saturated rings. The molecule has 6 heteroatoms. The number of amides is 1. The van der Waals surface area contributed by atoms with Gasteiger partial charge in [0.15, 0.2) is 0 Å². The van der Waals surface area contributed by atoms with Crippen LogP contribution in [0.15, 0.2) is 36.7 Å². The predicted octanol–water partition coefficient (Wildman–Crippen LogP) is 3.19. The molecule has 1 aromatic heterocycles. The highest BCUT2D eigenvalue weighted by Gasteiger charge is 2.35. The molecule has 1 aliphatic carbocycles. The first-order valence-electron chi connectivity index (χ1n) is 9.43. The average Bonchev–Trinajstić information content (AvgIpc) is 3.01. The summed E-state index contributed by atoms with van der Waals surface area (Å²) in [5.74, 6) is 0.398. The van der Waals surface area contributed by atoms with E-state index in [-0.39, 0.29) is 23.8 Å². The lowest BCUT2D eigenvalue weighted by Crippen LogP contribution is -2.53. The Morgan fingerprint density at radius 3 is 2.58 bits per heavy atom. The molecule has 0 spiro atoms. The maximum absolute atomic E-state index is 13.3. The van der Waals surface area contributed by atoms with Gasteiger partial charge in [-0.05, 0) is 49.3 Å². The fourth-order valence-corrected chi connectivity index (χ4v) is 4.00. The lowest BCUT2D eigenvalue weighted by atomic mass is 9.76.